The predicted octanol–water partition coefficient (Wildman–Crippen LogP) is 3.70. The number of hydrogen-bond donors (Lipinski definition) is 1. The number of benzene rings is 1. The van der Waals surface area contributed by atoms with Crippen LogP contribution in [0.1, 0.15) is 30.9 Å². The summed E-state index contributed by atoms with van der Waals surface area (Å²) in [6.07, 6.45) is 3.77. The zero-order valence-corrected chi connectivity index (χ0v) is 11.9. The maximum atomic E-state index is 6.19. The van der Waals surface area contributed by atoms with Crippen molar-refractivity contribution in [3.8, 4) is 11.1 Å². The maximum absolute atomic E-state index is 6.19. The Bertz CT molecular complexity index is 585. The molecule has 0 spiro atoms. The number of rotatable bonds is 2. The van der Waals surface area contributed by atoms with Gasteiger partial charge in [-0.15, -0.1) is 0 Å². The molecule has 1 aliphatic carbocycles. The van der Waals surface area contributed by atoms with Crippen molar-refractivity contribution in [1.82, 2.24) is 9.78 Å². The van der Waals surface area contributed by atoms with Crippen molar-refractivity contribution in [2.45, 2.75) is 25.2 Å². The second kappa shape index (κ2) is 4.43. The molecule has 1 aliphatic rings. The molecule has 1 aromatic heterocycles. The highest BCUT2D eigenvalue weighted by Gasteiger charge is 2.27. The Morgan fingerprint density at radius 1 is 1.39 bits per heavy atom. The van der Waals surface area contributed by atoms with E-state index in [4.69, 9.17) is 5.73 Å². The number of anilines is 1. The normalized spacial score (nSPS) is 15.7. The molecule has 0 atom stereocenters. The zero-order chi connectivity index (χ0) is 12.7. The third-order valence-corrected chi connectivity index (χ3v) is 4.22. The first-order chi connectivity index (χ1) is 8.66. The Labute approximate surface area is 115 Å². The summed E-state index contributed by atoms with van der Waals surface area (Å²) in [6.45, 7) is 0. The van der Waals surface area contributed by atoms with Gasteiger partial charge < -0.3 is 5.73 Å². The molecular weight excluding hydrogens is 290 g/mol. The average molecular weight is 306 g/mol. The van der Waals surface area contributed by atoms with Gasteiger partial charge in [-0.25, -0.2) is 0 Å². The molecule has 1 heterocycles. The molecule has 4 heteroatoms. The van der Waals surface area contributed by atoms with Crippen molar-refractivity contribution >= 4 is 21.7 Å². The third-order valence-electron chi connectivity index (χ3n) is 3.72. The summed E-state index contributed by atoms with van der Waals surface area (Å²) < 4.78 is 2.87. The van der Waals surface area contributed by atoms with Crippen LogP contribution in [-0.2, 0) is 7.05 Å². The molecule has 94 valence electrons. The fourth-order valence-corrected chi connectivity index (χ4v) is 2.86. The van der Waals surface area contributed by atoms with Crippen molar-refractivity contribution in [2.24, 2.45) is 7.05 Å². The van der Waals surface area contributed by atoms with Crippen LogP contribution in [0.4, 0.5) is 5.82 Å². The molecule has 0 aliphatic heterocycles. The first-order valence-corrected chi connectivity index (χ1v) is 7.04. The molecule has 3 nitrogen and oxygen atoms in total. The third kappa shape index (κ3) is 1.85. The fourth-order valence-electron chi connectivity index (χ4n) is 2.47. The fraction of sp³-hybridized carbons (Fsp3) is 0.357. The number of nitrogens with two attached hydrogens (primary N) is 1. The van der Waals surface area contributed by atoms with Crippen molar-refractivity contribution < 1.29 is 0 Å². The minimum absolute atomic E-state index is 0.586. The highest BCUT2D eigenvalue weighted by Crippen LogP contribution is 2.42. The zero-order valence-electron chi connectivity index (χ0n) is 10.4. The van der Waals surface area contributed by atoms with Gasteiger partial charge in [-0.3, -0.25) is 4.68 Å². The van der Waals surface area contributed by atoms with E-state index in [1.54, 1.807) is 4.68 Å². The van der Waals surface area contributed by atoms with Gasteiger partial charge in [0.25, 0.3) is 0 Å². The minimum Gasteiger partial charge on any atom is -0.383 e. The topological polar surface area (TPSA) is 43.8 Å². The Balaban J connectivity index is 2.14. The number of nitrogen functional groups attached to an aromatic ring is 1. The van der Waals surface area contributed by atoms with Crippen LogP contribution in [0.2, 0.25) is 0 Å². The van der Waals surface area contributed by atoms with E-state index in [2.05, 4.69) is 33.2 Å². The lowest BCUT2D eigenvalue weighted by Gasteiger charge is -2.24. The number of hydrogen-bond acceptors (Lipinski definition) is 2. The van der Waals surface area contributed by atoms with E-state index < -0.39 is 0 Å². The van der Waals surface area contributed by atoms with Gasteiger partial charge in [0.05, 0.1) is 5.69 Å². The molecule has 0 saturated heterocycles. The number of halogens is 1. The summed E-state index contributed by atoms with van der Waals surface area (Å²) in [5.41, 5.74) is 9.62. The maximum Gasteiger partial charge on any atom is 0.129 e. The number of aryl methyl sites for hydroxylation is 1. The Morgan fingerprint density at radius 3 is 2.78 bits per heavy atom. The van der Waals surface area contributed by atoms with E-state index in [1.807, 2.05) is 19.2 Å². The Morgan fingerprint density at radius 2 is 2.17 bits per heavy atom. The van der Waals surface area contributed by atoms with Crippen LogP contribution in [0, 0.1) is 0 Å². The van der Waals surface area contributed by atoms with Crippen LogP contribution in [0.3, 0.4) is 0 Å². The molecule has 0 bridgehead atoms. The van der Waals surface area contributed by atoms with E-state index in [1.165, 1.54) is 25.0 Å². The summed E-state index contributed by atoms with van der Waals surface area (Å²) in [4.78, 5) is 0. The predicted molar refractivity (Wildman–Crippen MR) is 77.3 cm³/mol. The van der Waals surface area contributed by atoms with Gasteiger partial charge in [0.1, 0.15) is 5.82 Å². The van der Waals surface area contributed by atoms with Crippen LogP contribution in [-0.4, -0.2) is 9.78 Å². The highest BCUT2D eigenvalue weighted by atomic mass is 79.9. The summed E-state index contributed by atoms with van der Waals surface area (Å²) in [6, 6.07) is 8.27. The van der Waals surface area contributed by atoms with Crippen LogP contribution in [0.25, 0.3) is 11.1 Å². The largest absolute Gasteiger partial charge is 0.383 e. The average Bonchev–Trinajstić information content (AvgIpc) is 2.53. The molecule has 1 fully saturated rings. The van der Waals surface area contributed by atoms with Crippen LogP contribution in [0.15, 0.2) is 28.7 Å². The van der Waals surface area contributed by atoms with Crippen molar-refractivity contribution in [1.29, 1.82) is 0 Å². The summed E-state index contributed by atoms with van der Waals surface area (Å²) >= 11 is 3.52. The van der Waals surface area contributed by atoms with Gasteiger partial charge in [0, 0.05) is 23.0 Å². The van der Waals surface area contributed by atoms with Crippen LogP contribution >= 0.6 is 15.9 Å². The summed E-state index contributed by atoms with van der Waals surface area (Å²) in [5, 5.41) is 4.61. The van der Waals surface area contributed by atoms with Gasteiger partial charge in [0.15, 0.2) is 0 Å². The van der Waals surface area contributed by atoms with Gasteiger partial charge in [-0.2, -0.15) is 5.10 Å². The molecular formula is C14H16BrN3. The highest BCUT2D eigenvalue weighted by molar-refractivity contribution is 9.10. The Kier molecular flexibility index (Phi) is 2.90. The lowest BCUT2D eigenvalue weighted by atomic mass is 9.80. The number of aromatic nitrogens is 2. The summed E-state index contributed by atoms with van der Waals surface area (Å²) in [5.74, 6) is 1.34. The lowest BCUT2D eigenvalue weighted by molar-refractivity contribution is 0.408. The van der Waals surface area contributed by atoms with E-state index in [-0.39, 0.29) is 0 Å². The molecule has 3 rings (SSSR count). The molecule has 0 unspecified atom stereocenters. The molecule has 0 radical (unpaired) electrons. The molecule has 2 N–H and O–H groups in total. The van der Waals surface area contributed by atoms with E-state index >= 15 is 0 Å². The smallest absolute Gasteiger partial charge is 0.129 e. The molecule has 1 saturated carbocycles. The second-order valence-corrected chi connectivity index (χ2v) is 5.82. The van der Waals surface area contributed by atoms with Crippen LogP contribution < -0.4 is 5.73 Å². The van der Waals surface area contributed by atoms with Gasteiger partial charge in [-0.05, 0) is 30.5 Å². The number of nitrogens with zero attached hydrogens (tertiary/aromatic N) is 2. The minimum atomic E-state index is 0.586. The van der Waals surface area contributed by atoms with Crippen molar-refractivity contribution in [3.05, 3.63) is 34.4 Å². The molecule has 1 aromatic carbocycles. The second-order valence-electron chi connectivity index (χ2n) is 4.91. The monoisotopic (exact) mass is 305 g/mol. The molecule has 2 aromatic rings. The van der Waals surface area contributed by atoms with E-state index in [9.17, 15) is 0 Å². The first kappa shape index (κ1) is 11.8. The Hall–Kier alpha value is -1.29. The lowest BCUT2D eigenvalue weighted by Crippen LogP contribution is -2.10. The van der Waals surface area contributed by atoms with E-state index in [0.717, 1.165) is 21.4 Å². The molecule has 18 heavy (non-hydrogen) atoms. The SMILES string of the molecule is Cn1nc(C2CCC2)c(-c2cccc(Br)c2)c1N. The standard InChI is InChI=1S/C14H16BrN3/c1-18-14(16)12(10-6-3-7-11(15)8-10)13(17-18)9-4-2-5-9/h3,6-9H,2,4-5,16H2,1H3. The van der Waals surface area contributed by atoms with Gasteiger partial charge >= 0.3 is 0 Å². The quantitative estimate of drug-likeness (QED) is 0.919. The van der Waals surface area contributed by atoms with E-state index in [0.29, 0.717) is 5.92 Å². The molecule has 0 amide bonds. The van der Waals surface area contributed by atoms with Crippen molar-refractivity contribution in [2.75, 3.05) is 5.73 Å². The van der Waals surface area contributed by atoms with Crippen molar-refractivity contribution in [3.63, 3.8) is 0 Å². The first-order valence-electron chi connectivity index (χ1n) is 6.25. The van der Waals surface area contributed by atoms with Crippen LogP contribution in [0.5, 0.6) is 0 Å². The summed E-state index contributed by atoms with van der Waals surface area (Å²) in [7, 11) is 1.92. The van der Waals surface area contributed by atoms with Gasteiger partial charge in [0.2, 0.25) is 0 Å². The van der Waals surface area contributed by atoms with Gasteiger partial charge in [-0.1, -0.05) is 34.5 Å².